The number of aliphatic hydroxyl groups excluding tert-OH is 1. The molecule has 0 saturated carbocycles. The van der Waals surface area contributed by atoms with Gasteiger partial charge in [-0.2, -0.15) is 0 Å². The van der Waals surface area contributed by atoms with Gasteiger partial charge in [-0.05, 0) is 12.1 Å². The summed E-state index contributed by atoms with van der Waals surface area (Å²) in [7, 11) is 0. The van der Waals surface area contributed by atoms with Gasteiger partial charge in [0.05, 0.1) is 12.1 Å². The number of oxazole rings is 1. The van der Waals surface area contributed by atoms with Crippen molar-refractivity contribution in [1.82, 2.24) is 9.97 Å². The number of hydrogen-bond acceptors (Lipinski definition) is 4. The van der Waals surface area contributed by atoms with Crippen molar-refractivity contribution >= 4 is 10.9 Å². The van der Waals surface area contributed by atoms with E-state index in [1.807, 2.05) is 30.5 Å². The maximum absolute atomic E-state index is 8.30. The van der Waals surface area contributed by atoms with E-state index in [0.29, 0.717) is 5.69 Å². The van der Waals surface area contributed by atoms with Gasteiger partial charge in [-0.25, -0.2) is 4.98 Å². The van der Waals surface area contributed by atoms with Gasteiger partial charge in [0.25, 0.3) is 0 Å². The molecule has 1 N–H and O–H groups in total. The van der Waals surface area contributed by atoms with Crippen LogP contribution in [0.15, 0.2) is 59.7 Å². The fourth-order valence-electron chi connectivity index (χ4n) is 1.33. The van der Waals surface area contributed by atoms with Crippen molar-refractivity contribution in [3.05, 3.63) is 60.9 Å². The van der Waals surface area contributed by atoms with Gasteiger partial charge in [-0.15, -0.1) is 0 Å². The Labute approximate surface area is 98.6 Å². The largest absolute Gasteiger partial charge is 0.451 e. The van der Waals surface area contributed by atoms with E-state index in [9.17, 15) is 0 Å². The molecule has 3 aromatic rings. The van der Waals surface area contributed by atoms with E-state index in [1.54, 1.807) is 0 Å². The summed E-state index contributed by atoms with van der Waals surface area (Å²) in [5, 5.41) is 9.50. The summed E-state index contributed by atoms with van der Waals surface area (Å²) in [6, 6.07) is 12.1. The lowest BCUT2D eigenvalue weighted by Gasteiger charge is -1.91. The Morgan fingerprint density at radius 1 is 1.06 bits per heavy atom. The summed E-state index contributed by atoms with van der Waals surface area (Å²) in [6.45, 7) is -0.0451. The number of hydrogen-bond donors (Lipinski definition) is 1. The van der Waals surface area contributed by atoms with Crippen molar-refractivity contribution in [1.29, 1.82) is 0 Å². The molecule has 0 unspecified atom stereocenters. The molecule has 0 aliphatic heterocycles. The van der Waals surface area contributed by atoms with Gasteiger partial charge < -0.3 is 9.52 Å². The molecule has 2 aromatic heterocycles. The molecule has 0 radical (unpaired) electrons. The van der Waals surface area contributed by atoms with Crippen LogP contribution in [0.5, 0.6) is 0 Å². The lowest BCUT2D eigenvalue weighted by molar-refractivity contribution is 0.276. The third-order valence-corrected chi connectivity index (χ3v) is 2.16. The van der Waals surface area contributed by atoms with Crippen LogP contribution < -0.4 is 0 Å². The first-order valence-corrected chi connectivity index (χ1v) is 5.18. The van der Waals surface area contributed by atoms with E-state index in [4.69, 9.17) is 5.11 Å². The summed E-state index contributed by atoms with van der Waals surface area (Å²) in [6.07, 6.45) is 4.49. The number of nitrogens with zero attached hydrogens (tertiary/aromatic N) is 2. The summed E-state index contributed by atoms with van der Waals surface area (Å²) in [5.41, 5.74) is 1.63. The van der Waals surface area contributed by atoms with Crippen molar-refractivity contribution in [2.45, 2.75) is 6.61 Å². The molecule has 2 heterocycles. The molecule has 0 fully saturated rings. The van der Waals surface area contributed by atoms with Crippen LogP contribution in [0.3, 0.4) is 0 Å². The van der Waals surface area contributed by atoms with Crippen LogP contribution in [0.1, 0.15) is 5.69 Å². The number of benzene rings is 1. The molecular weight excluding hydrogens is 216 g/mol. The molecule has 0 amide bonds. The third-order valence-electron chi connectivity index (χ3n) is 2.16. The van der Waals surface area contributed by atoms with Crippen LogP contribution >= 0.6 is 0 Å². The second-order valence-electron chi connectivity index (χ2n) is 3.33. The second-order valence-corrected chi connectivity index (χ2v) is 3.33. The topological polar surface area (TPSA) is 59.2 Å². The SMILES string of the molecule is OCc1cocn1.c1ccc2ncccc2c1. The van der Waals surface area contributed by atoms with Gasteiger partial charge in [-0.1, -0.05) is 24.3 Å². The van der Waals surface area contributed by atoms with E-state index >= 15 is 0 Å². The van der Waals surface area contributed by atoms with Gasteiger partial charge in [0.2, 0.25) is 0 Å². The Balaban J connectivity index is 0.000000136. The van der Waals surface area contributed by atoms with E-state index in [-0.39, 0.29) is 6.61 Å². The number of para-hydroxylation sites is 1. The van der Waals surface area contributed by atoms with E-state index in [2.05, 4.69) is 26.5 Å². The van der Waals surface area contributed by atoms with Gasteiger partial charge in [0.1, 0.15) is 12.0 Å². The minimum Gasteiger partial charge on any atom is -0.451 e. The minimum atomic E-state index is -0.0451. The predicted octanol–water partition coefficient (Wildman–Crippen LogP) is 2.40. The molecule has 4 nitrogen and oxygen atoms in total. The Hall–Kier alpha value is -2.20. The Morgan fingerprint density at radius 2 is 1.88 bits per heavy atom. The minimum absolute atomic E-state index is 0.0451. The number of aliphatic hydroxyl groups is 1. The van der Waals surface area contributed by atoms with Crippen molar-refractivity contribution in [2.24, 2.45) is 0 Å². The van der Waals surface area contributed by atoms with Gasteiger partial charge in [-0.3, -0.25) is 4.98 Å². The lowest BCUT2D eigenvalue weighted by atomic mass is 10.2. The summed E-state index contributed by atoms with van der Waals surface area (Å²) in [5.74, 6) is 0. The number of pyridine rings is 1. The Morgan fingerprint density at radius 3 is 2.53 bits per heavy atom. The zero-order chi connectivity index (χ0) is 11.9. The second kappa shape index (κ2) is 5.77. The standard InChI is InChI=1S/C9H7N.C4H5NO2/c1-2-6-9-8(4-1)5-3-7-10-9;6-1-4-2-7-3-5-4/h1-7H;2-3,6H,1H2. The predicted molar refractivity (Wildman–Crippen MR) is 64.2 cm³/mol. The summed E-state index contributed by atoms with van der Waals surface area (Å²) in [4.78, 5) is 7.80. The van der Waals surface area contributed by atoms with Crippen LogP contribution in [-0.2, 0) is 6.61 Å². The Bertz CT molecular complexity index is 499. The third kappa shape index (κ3) is 3.12. The van der Waals surface area contributed by atoms with Crippen molar-refractivity contribution < 1.29 is 9.52 Å². The van der Waals surface area contributed by atoms with Gasteiger partial charge in [0.15, 0.2) is 6.39 Å². The zero-order valence-corrected chi connectivity index (χ0v) is 9.15. The fourth-order valence-corrected chi connectivity index (χ4v) is 1.33. The Kier molecular flexibility index (Phi) is 3.83. The number of fused-ring (bicyclic) bond motifs is 1. The molecular formula is C13H12N2O2. The molecule has 0 saturated heterocycles. The average Bonchev–Trinajstić information content (AvgIpc) is 2.93. The van der Waals surface area contributed by atoms with Crippen LogP contribution in [0, 0.1) is 0 Å². The molecule has 0 aliphatic carbocycles. The highest BCUT2D eigenvalue weighted by Gasteiger charge is 1.87. The average molecular weight is 228 g/mol. The van der Waals surface area contributed by atoms with Gasteiger partial charge in [0, 0.05) is 11.6 Å². The monoisotopic (exact) mass is 228 g/mol. The van der Waals surface area contributed by atoms with Gasteiger partial charge >= 0.3 is 0 Å². The lowest BCUT2D eigenvalue weighted by Crippen LogP contribution is -1.77. The van der Waals surface area contributed by atoms with Crippen molar-refractivity contribution in [3.63, 3.8) is 0 Å². The molecule has 17 heavy (non-hydrogen) atoms. The van der Waals surface area contributed by atoms with Crippen LogP contribution in [0.2, 0.25) is 0 Å². The highest BCUT2D eigenvalue weighted by Crippen LogP contribution is 2.07. The smallest absolute Gasteiger partial charge is 0.180 e. The van der Waals surface area contributed by atoms with E-state index in [1.165, 1.54) is 18.0 Å². The first kappa shape index (κ1) is 11.3. The van der Waals surface area contributed by atoms with Crippen molar-refractivity contribution in [3.8, 4) is 0 Å². The highest BCUT2D eigenvalue weighted by atomic mass is 16.3. The zero-order valence-electron chi connectivity index (χ0n) is 9.15. The molecule has 3 rings (SSSR count). The van der Waals surface area contributed by atoms with Crippen LogP contribution in [0.4, 0.5) is 0 Å². The fraction of sp³-hybridized carbons (Fsp3) is 0.0769. The quantitative estimate of drug-likeness (QED) is 0.694. The molecule has 4 heteroatoms. The molecule has 0 bridgehead atoms. The van der Waals surface area contributed by atoms with E-state index < -0.39 is 0 Å². The molecule has 0 atom stereocenters. The molecule has 1 aromatic carbocycles. The molecule has 86 valence electrons. The van der Waals surface area contributed by atoms with Crippen LogP contribution in [-0.4, -0.2) is 15.1 Å². The maximum atomic E-state index is 8.30. The summed E-state index contributed by atoms with van der Waals surface area (Å²) >= 11 is 0. The number of aromatic nitrogens is 2. The highest BCUT2D eigenvalue weighted by molar-refractivity contribution is 5.77. The molecule has 0 spiro atoms. The van der Waals surface area contributed by atoms with E-state index in [0.717, 1.165) is 5.52 Å². The normalized spacial score (nSPS) is 9.71. The first-order valence-electron chi connectivity index (χ1n) is 5.18. The first-order chi connectivity index (χ1) is 8.40. The summed E-state index contributed by atoms with van der Waals surface area (Å²) < 4.78 is 4.53. The number of rotatable bonds is 1. The van der Waals surface area contributed by atoms with Crippen molar-refractivity contribution in [2.75, 3.05) is 0 Å². The maximum Gasteiger partial charge on any atom is 0.180 e. The van der Waals surface area contributed by atoms with Crippen LogP contribution in [0.25, 0.3) is 10.9 Å². The molecule has 0 aliphatic rings.